The molecule has 0 aromatic heterocycles. The van der Waals surface area contributed by atoms with Crippen molar-refractivity contribution >= 4 is 23.0 Å². The summed E-state index contributed by atoms with van der Waals surface area (Å²) in [6.07, 6.45) is 0. The highest BCUT2D eigenvalue weighted by molar-refractivity contribution is 5.92. The molecule has 0 radical (unpaired) electrons. The smallest absolute Gasteiger partial charge is 0.338 e. The molecule has 21 heavy (non-hydrogen) atoms. The van der Waals surface area contributed by atoms with Gasteiger partial charge in [-0.25, -0.2) is 13.6 Å². The minimum atomic E-state index is -0.994. The Balaban J connectivity index is 2.25. The second kappa shape index (κ2) is 6.21. The van der Waals surface area contributed by atoms with Crippen LogP contribution in [0.1, 0.15) is 17.3 Å². The Hall–Kier alpha value is -2.63. The number of benzene rings is 2. The number of nitrogens with one attached hydrogen (secondary N) is 1. The maximum Gasteiger partial charge on any atom is 0.338 e. The highest BCUT2D eigenvalue weighted by Gasteiger charge is 2.11. The average molecular weight is 292 g/mol. The van der Waals surface area contributed by atoms with Gasteiger partial charge in [-0.15, -0.1) is 0 Å². The third-order valence-corrected chi connectivity index (χ3v) is 2.78. The maximum absolute atomic E-state index is 13.6. The first-order chi connectivity index (χ1) is 10.0. The topological polar surface area (TPSA) is 64.3 Å². The van der Waals surface area contributed by atoms with E-state index in [1.54, 1.807) is 6.92 Å². The maximum atomic E-state index is 13.6. The summed E-state index contributed by atoms with van der Waals surface area (Å²) < 4.78 is 31.6. The normalized spacial score (nSPS) is 10.2. The molecule has 0 saturated carbocycles. The van der Waals surface area contributed by atoms with E-state index in [1.165, 1.54) is 30.3 Å². The van der Waals surface area contributed by atoms with Crippen LogP contribution in [0, 0.1) is 11.6 Å². The van der Waals surface area contributed by atoms with Gasteiger partial charge in [-0.3, -0.25) is 0 Å². The lowest BCUT2D eigenvalue weighted by Crippen LogP contribution is -2.06. The van der Waals surface area contributed by atoms with E-state index >= 15 is 0 Å². The van der Waals surface area contributed by atoms with Crippen LogP contribution >= 0.6 is 0 Å². The van der Waals surface area contributed by atoms with Gasteiger partial charge in [0.1, 0.15) is 0 Å². The van der Waals surface area contributed by atoms with Crippen LogP contribution in [0.15, 0.2) is 36.4 Å². The summed E-state index contributed by atoms with van der Waals surface area (Å²) >= 11 is 0. The van der Waals surface area contributed by atoms with Gasteiger partial charge in [0.25, 0.3) is 0 Å². The summed E-state index contributed by atoms with van der Waals surface area (Å²) in [5, 5.41) is 2.69. The molecule has 0 aliphatic heterocycles. The zero-order valence-corrected chi connectivity index (χ0v) is 11.3. The number of carbonyl (C=O) groups is 1. The summed E-state index contributed by atoms with van der Waals surface area (Å²) in [6.45, 7) is 1.96. The first kappa shape index (κ1) is 14.8. The number of hydrogen-bond donors (Lipinski definition) is 2. The molecule has 0 saturated heterocycles. The Labute approximate surface area is 120 Å². The third kappa shape index (κ3) is 3.28. The number of carbonyl (C=O) groups excluding carboxylic acids is 1. The second-order valence-electron chi connectivity index (χ2n) is 4.25. The van der Waals surface area contributed by atoms with Gasteiger partial charge in [0.2, 0.25) is 0 Å². The molecule has 0 spiro atoms. The molecular formula is C15H14F2N2O2. The number of esters is 1. The lowest BCUT2D eigenvalue weighted by atomic mass is 10.1. The molecule has 0 atom stereocenters. The van der Waals surface area contributed by atoms with E-state index < -0.39 is 17.6 Å². The van der Waals surface area contributed by atoms with Gasteiger partial charge in [-0.05, 0) is 37.3 Å². The number of ether oxygens (including phenoxy) is 1. The third-order valence-electron chi connectivity index (χ3n) is 2.78. The Kier molecular flexibility index (Phi) is 4.37. The van der Waals surface area contributed by atoms with Crippen LogP contribution in [0.5, 0.6) is 0 Å². The highest BCUT2D eigenvalue weighted by Crippen LogP contribution is 2.27. The summed E-state index contributed by atoms with van der Waals surface area (Å²) in [5.41, 5.74) is 6.65. The van der Waals surface area contributed by atoms with Crippen LogP contribution in [0.25, 0.3) is 0 Å². The number of rotatable bonds is 4. The standard InChI is InChI=1S/C15H14F2N2O2/c1-2-21-15(20)9-6-7-12(11(18)8-9)19-13-5-3-4-10(16)14(13)17/h3-8,19H,2,18H2,1H3. The van der Waals surface area contributed by atoms with Crippen molar-refractivity contribution in [3.8, 4) is 0 Å². The fraction of sp³-hybridized carbons (Fsp3) is 0.133. The largest absolute Gasteiger partial charge is 0.462 e. The van der Waals surface area contributed by atoms with Gasteiger partial charge in [-0.1, -0.05) is 6.07 Å². The molecule has 2 aromatic rings. The van der Waals surface area contributed by atoms with E-state index in [1.807, 2.05) is 0 Å². The quantitative estimate of drug-likeness (QED) is 0.669. The van der Waals surface area contributed by atoms with E-state index in [-0.39, 0.29) is 18.0 Å². The van der Waals surface area contributed by atoms with Crippen molar-refractivity contribution in [3.05, 3.63) is 53.6 Å². The SMILES string of the molecule is CCOC(=O)c1ccc(Nc2cccc(F)c2F)c(N)c1. The Morgan fingerprint density at radius 3 is 2.67 bits per heavy atom. The molecule has 6 heteroatoms. The zero-order valence-electron chi connectivity index (χ0n) is 11.3. The van der Waals surface area contributed by atoms with Crippen molar-refractivity contribution < 1.29 is 18.3 Å². The minimum absolute atomic E-state index is 0.0365. The fourth-order valence-corrected chi connectivity index (χ4v) is 1.76. The molecule has 0 aliphatic rings. The molecule has 3 N–H and O–H groups in total. The molecular weight excluding hydrogens is 278 g/mol. The van der Waals surface area contributed by atoms with Crippen LogP contribution < -0.4 is 11.1 Å². The van der Waals surface area contributed by atoms with Crippen LogP contribution in [-0.2, 0) is 4.74 Å². The Morgan fingerprint density at radius 2 is 2.00 bits per heavy atom. The summed E-state index contributed by atoms with van der Waals surface area (Å²) in [6, 6.07) is 8.20. The molecule has 2 rings (SSSR count). The molecule has 0 amide bonds. The number of anilines is 3. The van der Waals surface area contributed by atoms with Crippen molar-refractivity contribution in [2.24, 2.45) is 0 Å². The number of nitrogen functional groups attached to an aromatic ring is 1. The second-order valence-corrected chi connectivity index (χ2v) is 4.25. The minimum Gasteiger partial charge on any atom is -0.462 e. The zero-order chi connectivity index (χ0) is 15.4. The highest BCUT2D eigenvalue weighted by atomic mass is 19.2. The fourth-order valence-electron chi connectivity index (χ4n) is 1.76. The monoisotopic (exact) mass is 292 g/mol. The van der Waals surface area contributed by atoms with Gasteiger partial charge in [-0.2, -0.15) is 0 Å². The van der Waals surface area contributed by atoms with Gasteiger partial charge in [0.05, 0.1) is 29.2 Å². The van der Waals surface area contributed by atoms with E-state index in [9.17, 15) is 13.6 Å². The summed E-state index contributed by atoms with van der Waals surface area (Å²) in [5.74, 6) is -2.44. The van der Waals surface area contributed by atoms with Crippen molar-refractivity contribution in [1.29, 1.82) is 0 Å². The molecule has 0 unspecified atom stereocenters. The summed E-state index contributed by atoms with van der Waals surface area (Å²) in [4.78, 5) is 11.6. The average Bonchev–Trinajstić information content (AvgIpc) is 2.46. The van der Waals surface area contributed by atoms with Crippen molar-refractivity contribution in [2.45, 2.75) is 6.92 Å². The first-order valence-electron chi connectivity index (χ1n) is 6.30. The van der Waals surface area contributed by atoms with Crippen molar-refractivity contribution in [1.82, 2.24) is 0 Å². The van der Waals surface area contributed by atoms with Crippen LogP contribution in [-0.4, -0.2) is 12.6 Å². The first-order valence-corrected chi connectivity index (χ1v) is 6.30. The predicted molar refractivity (Wildman–Crippen MR) is 76.5 cm³/mol. The number of nitrogens with two attached hydrogens (primary N) is 1. The lowest BCUT2D eigenvalue weighted by molar-refractivity contribution is 0.0526. The number of hydrogen-bond acceptors (Lipinski definition) is 4. The molecule has 0 aliphatic carbocycles. The van der Waals surface area contributed by atoms with E-state index in [2.05, 4.69) is 5.32 Å². The molecule has 2 aromatic carbocycles. The molecule has 110 valence electrons. The van der Waals surface area contributed by atoms with Crippen molar-refractivity contribution in [2.75, 3.05) is 17.7 Å². The predicted octanol–water partition coefficient (Wildman–Crippen LogP) is 3.47. The molecule has 0 heterocycles. The Bertz CT molecular complexity index is 675. The van der Waals surface area contributed by atoms with Crippen LogP contribution in [0.3, 0.4) is 0 Å². The van der Waals surface area contributed by atoms with Crippen LogP contribution in [0.2, 0.25) is 0 Å². The van der Waals surface area contributed by atoms with Gasteiger partial charge in [0.15, 0.2) is 11.6 Å². The van der Waals surface area contributed by atoms with E-state index in [0.717, 1.165) is 6.07 Å². The van der Waals surface area contributed by atoms with Crippen LogP contribution in [0.4, 0.5) is 25.8 Å². The Morgan fingerprint density at radius 1 is 1.24 bits per heavy atom. The number of halogens is 2. The summed E-state index contributed by atoms with van der Waals surface area (Å²) in [7, 11) is 0. The molecule has 4 nitrogen and oxygen atoms in total. The van der Waals surface area contributed by atoms with Gasteiger partial charge >= 0.3 is 5.97 Å². The van der Waals surface area contributed by atoms with Gasteiger partial charge < -0.3 is 15.8 Å². The van der Waals surface area contributed by atoms with E-state index in [0.29, 0.717) is 11.3 Å². The lowest BCUT2D eigenvalue weighted by Gasteiger charge is -2.11. The van der Waals surface area contributed by atoms with E-state index in [4.69, 9.17) is 10.5 Å². The molecule has 0 fully saturated rings. The van der Waals surface area contributed by atoms with Crippen molar-refractivity contribution in [3.63, 3.8) is 0 Å². The molecule has 0 bridgehead atoms. The van der Waals surface area contributed by atoms with Gasteiger partial charge in [0, 0.05) is 0 Å².